The number of nitrogens with zero attached hydrogens (tertiary/aromatic N) is 1. The van der Waals surface area contributed by atoms with Crippen LogP contribution in [0.25, 0.3) is 75.5 Å². The van der Waals surface area contributed by atoms with Crippen molar-refractivity contribution in [1.29, 1.82) is 0 Å². The lowest BCUT2D eigenvalue weighted by Gasteiger charge is -2.27. The van der Waals surface area contributed by atoms with Gasteiger partial charge >= 0.3 is 0 Å². The van der Waals surface area contributed by atoms with Gasteiger partial charge in [-0.25, -0.2) is 0 Å². The molecular weight excluding hydrogens is 671 g/mol. The summed E-state index contributed by atoms with van der Waals surface area (Å²) in [6, 6.07) is 51.8. The van der Waals surface area contributed by atoms with Crippen LogP contribution in [0.5, 0.6) is 0 Å². The van der Waals surface area contributed by atoms with E-state index in [4.69, 9.17) is 4.11 Å². The molecule has 0 bridgehead atoms. The van der Waals surface area contributed by atoms with Crippen LogP contribution in [-0.2, 0) is 0 Å². The van der Waals surface area contributed by atoms with Crippen LogP contribution in [0.15, 0.2) is 212 Å². The molecule has 0 saturated carbocycles. The topological polar surface area (TPSA) is 3.24 Å². The smallest absolute Gasteiger partial charge is 0.0645 e. The molecule has 0 radical (unpaired) electrons. The number of fused-ring (bicyclic) bond motifs is 5. The van der Waals surface area contributed by atoms with E-state index in [1.54, 1.807) is 0 Å². The van der Waals surface area contributed by atoms with Gasteiger partial charge in [0.05, 0.1) is 16.7 Å². The minimum atomic E-state index is -0.401. The number of thiophene rings is 1. The number of hydrogen-bond donors (Lipinski definition) is 0. The SMILES string of the molecule is [2H]c1c([2H])c(N(c2ccc(-c3ccccc3)cc2)c2ccc(-c3ccc(-c4ccccc4)cc3)cc2)c2c(sc3c4c([2H])c([2H])c([2H])c([2H])c4c(-c4ccccc4)c([2H])c32)c1[2H]. The molecule has 2 heteroatoms. The summed E-state index contributed by atoms with van der Waals surface area (Å²) < 4.78 is 74.5. The zero-order chi connectivity index (χ0) is 42.8. The Morgan fingerprint density at radius 1 is 0.389 bits per heavy atom. The van der Waals surface area contributed by atoms with Gasteiger partial charge in [-0.2, -0.15) is 0 Å². The highest BCUT2D eigenvalue weighted by Gasteiger charge is 2.21. The Kier molecular flexibility index (Phi) is 6.20. The molecule has 0 amide bonds. The van der Waals surface area contributed by atoms with Crippen molar-refractivity contribution in [3.8, 4) is 44.5 Å². The molecule has 1 heterocycles. The molecule has 0 atom stereocenters. The monoisotopic (exact) mass is 713 g/mol. The molecule has 0 saturated heterocycles. The van der Waals surface area contributed by atoms with E-state index < -0.39 is 12.1 Å². The van der Waals surface area contributed by atoms with Gasteiger partial charge < -0.3 is 4.90 Å². The van der Waals surface area contributed by atoms with Crippen molar-refractivity contribution in [2.24, 2.45) is 0 Å². The van der Waals surface area contributed by atoms with Crippen LogP contribution in [0.1, 0.15) is 11.0 Å². The fourth-order valence-corrected chi connectivity index (χ4v) is 8.34. The van der Waals surface area contributed by atoms with E-state index in [-0.39, 0.29) is 47.0 Å². The Morgan fingerprint density at radius 3 is 1.35 bits per heavy atom. The summed E-state index contributed by atoms with van der Waals surface area (Å²) in [5.41, 5.74) is 8.89. The van der Waals surface area contributed by atoms with Crippen LogP contribution in [0.3, 0.4) is 0 Å². The van der Waals surface area contributed by atoms with Gasteiger partial charge in [-0.15, -0.1) is 11.3 Å². The van der Waals surface area contributed by atoms with Crippen molar-refractivity contribution in [3.63, 3.8) is 0 Å². The Hall–Kier alpha value is -6.74. The molecule has 10 rings (SSSR count). The lowest BCUT2D eigenvalue weighted by atomic mass is 9.95. The van der Waals surface area contributed by atoms with E-state index in [9.17, 15) is 6.85 Å². The second-order valence-electron chi connectivity index (χ2n) is 13.1. The Morgan fingerprint density at radius 2 is 0.833 bits per heavy atom. The quantitative estimate of drug-likeness (QED) is 0.159. The molecule has 9 aromatic carbocycles. The van der Waals surface area contributed by atoms with Gasteiger partial charge in [-0.05, 0) is 92.3 Å². The highest BCUT2D eigenvalue weighted by atomic mass is 32.1. The molecule has 0 aliphatic carbocycles. The number of benzene rings is 9. The normalized spacial score (nSPS) is 13.4. The van der Waals surface area contributed by atoms with E-state index in [1.807, 2.05) is 132 Å². The van der Waals surface area contributed by atoms with Crippen molar-refractivity contribution in [3.05, 3.63) is 212 Å². The fraction of sp³-hybridized carbons (Fsp3) is 0. The maximum atomic E-state index is 9.97. The maximum absolute atomic E-state index is 9.97. The first-order chi connectivity index (χ1) is 30.1. The summed E-state index contributed by atoms with van der Waals surface area (Å²) in [5.74, 6) is 0. The summed E-state index contributed by atoms with van der Waals surface area (Å²) in [5, 5.41) is 1.23. The standard InChI is InChI=1S/C52H35NS/c1-4-13-36(14-5-1)38-23-25-39(26-24-38)41-29-33-44(34-30-41)53(43-31-27-40(28-32-43)37-15-6-2-7-16-37)49-21-12-22-50-51(49)48-35-47(42-17-8-3-9-18-42)45-19-10-11-20-46(45)52(48)54-50/h1-35H/i10D,11D,12D,19D,20D,21D,22D,35D. The van der Waals surface area contributed by atoms with Gasteiger partial charge in [0.1, 0.15) is 0 Å². The Balaban J connectivity index is 1.25. The molecule has 0 spiro atoms. The van der Waals surface area contributed by atoms with Gasteiger partial charge in [0.2, 0.25) is 0 Å². The molecule has 0 N–H and O–H groups in total. The molecule has 1 aromatic heterocycles. The fourth-order valence-electron chi connectivity index (χ4n) is 7.23. The average molecular weight is 714 g/mol. The van der Waals surface area contributed by atoms with Gasteiger partial charge in [0, 0.05) is 36.9 Å². The second-order valence-corrected chi connectivity index (χ2v) is 14.1. The van der Waals surface area contributed by atoms with Crippen LogP contribution in [-0.4, -0.2) is 0 Å². The van der Waals surface area contributed by atoms with Crippen molar-refractivity contribution < 1.29 is 11.0 Å². The van der Waals surface area contributed by atoms with Crippen molar-refractivity contribution in [2.45, 2.75) is 0 Å². The Labute approximate surface area is 330 Å². The number of rotatable bonds is 7. The van der Waals surface area contributed by atoms with E-state index >= 15 is 0 Å². The third-order valence-corrected chi connectivity index (χ3v) is 11.0. The van der Waals surface area contributed by atoms with Gasteiger partial charge in [-0.1, -0.05) is 170 Å². The van der Waals surface area contributed by atoms with Crippen molar-refractivity contribution >= 4 is 59.3 Å². The summed E-state index contributed by atoms with van der Waals surface area (Å²) >= 11 is 1.13. The molecule has 0 unspecified atom stereocenters. The van der Waals surface area contributed by atoms with Gasteiger partial charge in [0.15, 0.2) is 0 Å². The van der Waals surface area contributed by atoms with E-state index in [0.717, 1.165) is 44.7 Å². The second kappa shape index (κ2) is 13.7. The zero-order valence-corrected chi connectivity index (χ0v) is 29.8. The zero-order valence-electron chi connectivity index (χ0n) is 36.9. The predicted molar refractivity (Wildman–Crippen MR) is 233 cm³/mol. The van der Waals surface area contributed by atoms with Crippen LogP contribution in [0.2, 0.25) is 0 Å². The largest absolute Gasteiger partial charge is 0.310 e. The van der Waals surface area contributed by atoms with Crippen LogP contribution in [0.4, 0.5) is 17.1 Å². The molecule has 0 fully saturated rings. The third-order valence-electron chi connectivity index (χ3n) is 9.89. The van der Waals surface area contributed by atoms with E-state index in [1.165, 1.54) is 0 Å². The summed E-state index contributed by atoms with van der Waals surface area (Å²) in [4.78, 5) is 1.91. The van der Waals surface area contributed by atoms with Crippen LogP contribution < -0.4 is 4.90 Å². The van der Waals surface area contributed by atoms with E-state index in [2.05, 4.69) is 36.4 Å². The molecule has 1 nitrogen and oxygen atoms in total. The molecule has 10 aromatic rings. The predicted octanol–water partition coefficient (Wildman–Crippen LogP) is 15.3. The lowest BCUT2D eigenvalue weighted by Crippen LogP contribution is -2.10. The molecule has 0 aliphatic rings. The minimum Gasteiger partial charge on any atom is -0.310 e. The maximum Gasteiger partial charge on any atom is 0.0645 e. The van der Waals surface area contributed by atoms with Crippen molar-refractivity contribution in [2.75, 3.05) is 4.90 Å². The van der Waals surface area contributed by atoms with Gasteiger partial charge in [0.25, 0.3) is 0 Å². The molecule has 0 aliphatic heterocycles. The summed E-state index contributed by atoms with van der Waals surface area (Å²) in [6.07, 6.45) is 0. The van der Waals surface area contributed by atoms with Crippen molar-refractivity contribution in [1.82, 2.24) is 0 Å². The molecule has 254 valence electrons. The first-order valence-corrected chi connectivity index (χ1v) is 18.6. The summed E-state index contributed by atoms with van der Waals surface area (Å²) in [6.45, 7) is 0. The molecule has 54 heavy (non-hydrogen) atoms. The van der Waals surface area contributed by atoms with E-state index in [0.29, 0.717) is 48.4 Å². The third kappa shape index (κ3) is 5.74. The first kappa shape index (κ1) is 24.5. The highest BCUT2D eigenvalue weighted by Crippen LogP contribution is 2.48. The Bertz CT molecular complexity index is 3340. The number of hydrogen-bond acceptors (Lipinski definition) is 2. The number of anilines is 3. The average Bonchev–Trinajstić information content (AvgIpc) is 3.72. The highest BCUT2D eigenvalue weighted by molar-refractivity contribution is 7.26. The van der Waals surface area contributed by atoms with Gasteiger partial charge in [-0.3, -0.25) is 0 Å². The molecular formula is C52H35NS. The summed E-state index contributed by atoms with van der Waals surface area (Å²) in [7, 11) is 0. The van der Waals surface area contributed by atoms with Crippen LogP contribution >= 0.6 is 11.3 Å². The first-order valence-electron chi connectivity index (χ1n) is 21.8. The lowest BCUT2D eigenvalue weighted by molar-refractivity contribution is 1.30. The van der Waals surface area contributed by atoms with Crippen LogP contribution in [0, 0.1) is 0 Å². The minimum absolute atomic E-state index is 0.0152.